The fourth-order valence-corrected chi connectivity index (χ4v) is 4.79. The molecule has 176 valence electrons. The minimum Gasteiger partial charge on any atom is -0.486 e. The maximum atomic E-state index is 12.9. The molecular formula is C24H24F3NO3S2. The fraction of sp³-hybridized carbons (Fsp3) is 0.250. The van der Waals surface area contributed by atoms with Gasteiger partial charge in [0, 0.05) is 24.9 Å². The van der Waals surface area contributed by atoms with E-state index in [9.17, 15) is 21.6 Å². The van der Waals surface area contributed by atoms with Gasteiger partial charge in [-0.1, -0.05) is 30.3 Å². The van der Waals surface area contributed by atoms with E-state index >= 15 is 0 Å². The second-order valence-corrected chi connectivity index (χ2v) is 10.3. The highest BCUT2D eigenvalue weighted by Gasteiger charge is 2.30. The van der Waals surface area contributed by atoms with E-state index in [-0.39, 0.29) is 17.2 Å². The van der Waals surface area contributed by atoms with Crippen molar-refractivity contribution in [2.75, 3.05) is 19.8 Å². The molecule has 1 atom stereocenters. The van der Waals surface area contributed by atoms with Gasteiger partial charge in [-0.15, -0.1) is 11.8 Å². The lowest BCUT2D eigenvalue weighted by Crippen LogP contribution is -2.29. The predicted octanol–water partition coefficient (Wildman–Crippen LogP) is 6.26. The number of hydrogen-bond donors (Lipinski definition) is 0. The van der Waals surface area contributed by atoms with Crippen LogP contribution in [-0.2, 0) is 16.2 Å². The van der Waals surface area contributed by atoms with Gasteiger partial charge in [0.1, 0.15) is 11.9 Å². The topological polar surface area (TPSA) is 46.6 Å². The van der Waals surface area contributed by atoms with E-state index in [0.29, 0.717) is 6.42 Å². The van der Waals surface area contributed by atoms with Crippen LogP contribution < -0.4 is 4.74 Å². The van der Waals surface area contributed by atoms with Crippen LogP contribution in [-0.4, -0.2) is 32.6 Å². The summed E-state index contributed by atoms with van der Waals surface area (Å²) >= 11 is 1.52. The van der Waals surface area contributed by atoms with E-state index in [0.717, 1.165) is 22.6 Å². The number of alkyl halides is 3. The number of benzene rings is 3. The Kier molecular flexibility index (Phi) is 8.10. The lowest BCUT2D eigenvalue weighted by molar-refractivity contribution is -0.137. The van der Waals surface area contributed by atoms with Crippen LogP contribution in [0, 0.1) is 0 Å². The molecule has 9 heteroatoms. The summed E-state index contributed by atoms with van der Waals surface area (Å²) in [6.07, 6.45) is -2.75. The van der Waals surface area contributed by atoms with E-state index in [1.165, 1.54) is 35.2 Å². The van der Waals surface area contributed by atoms with Gasteiger partial charge in [0.15, 0.2) is 0 Å². The summed E-state index contributed by atoms with van der Waals surface area (Å²) in [5.74, 6) is 0.273. The summed E-state index contributed by atoms with van der Waals surface area (Å²) < 4.78 is 71.7. The molecule has 0 N–H and O–H groups in total. The van der Waals surface area contributed by atoms with E-state index in [4.69, 9.17) is 4.74 Å². The molecule has 0 aliphatic heterocycles. The van der Waals surface area contributed by atoms with Gasteiger partial charge in [-0.05, 0) is 60.4 Å². The number of ether oxygens (including phenoxy) is 1. The standard InChI is InChI=1S/C24H24F3NO3S2/c1-28(33(29,30)22-14-12-21(32-2)13-15-22)17-16-23(18-6-4-3-5-7-18)31-20-10-8-19(9-11-20)24(25,26)27/h3-15,23H,16-17H2,1-2H3/t23-/m0/s1. The first-order chi connectivity index (χ1) is 15.6. The molecule has 0 amide bonds. The largest absolute Gasteiger partial charge is 0.486 e. The van der Waals surface area contributed by atoms with Crippen molar-refractivity contribution in [1.29, 1.82) is 0 Å². The van der Waals surface area contributed by atoms with Crippen LogP contribution >= 0.6 is 11.8 Å². The quantitative estimate of drug-likeness (QED) is 0.329. The van der Waals surface area contributed by atoms with Gasteiger partial charge < -0.3 is 4.74 Å². The predicted molar refractivity (Wildman–Crippen MR) is 124 cm³/mol. The second kappa shape index (κ2) is 10.6. The molecule has 0 saturated heterocycles. The molecule has 0 heterocycles. The van der Waals surface area contributed by atoms with Crippen molar-refractivity contribution in [3.05, 3.63) is 90.0 Å². The van der Waals surface area contributed by atoms with Gasteiger partial charge in [0.2, 0.25) is 10.0 Å². The van der Waals surface area contributed by atoms with Crippen molar-refractivity contribution < 1.29 is 26.3 Å². The Labute approximate surface area is 196 Å². The van der Waals surface area contributed by atoms with Gasteiger partial charge in [0.25, 0.3) is 0 Å². The van der Waals surface area contributed by atoms with Crippen LogP contribution in [0.2, 0.25) is 0 Å². The second-order valence-electron chi connectivity index (χ2n) is 7.33. The number of sulfonamides is 1. The summed E-state index contributed by atoms with van der Waals surface area (Å²) in [4.78, 5) is 1.16. The smallest absolute Gasteiger partial charge is 0.416 e. The third kappa shape index (κ3) is 6.52. The van der Waals surface area contributed by atoms with Gasteiger partial charge >= 0.3 is 6.18 Å². The third-order valence-corrected chi connectivity index (χ3v) is 7.72. The number of thioether (sulfide) groups is 1. The first-order valence-electron chi connectivity index (χ1n) is 10.1. The number of halogens is 3. The van der Waals surface area contributed by atoms with E-state index in [1.54, 1.807) is 24.3 Å². The zero-order valence-corrected chi connectivity index (χ0v) is 19.8. The normalized spacial score (nSPS) is 13.2. The molecule has 0 bridgehead atoms. The van der Waals surface area contributed by atoms with Crippen molar-refractivity contribution in [2.24, 2.45) is 0 Å². The lowest BCUT2D eigenvalue weighted by atomic mass is 10.1. The summed E-state index contributed by atoms with van der Waals surface area (Å²) in [6.45, 7) is 0.160. The molecule has 0 radical (unpaired) electrons. The molecule has 0 aliphatic rings. The molecule has 0 fully saturated rings. The number of rotatable bonds is 9. The molecule has 0 unspecified atom stereocenters. The monoisotopic (exact) mass is 495 g/mol. The highest BCUT2D eigenvalue weighted by molar-refractivity contribution is 7.98. The lowest BCUT2D eigenvalue weighted by Gasteiger charge is -2.23. The zero-order valence-electron chi connectivity index (χ0n) is 18.1. The minimum atomic E-state index is -4.43. The molecule has 0 spiro atoms. The molecule has 3 aromatic rings. The van der Waals surface area contributed by atoms with E-state index in [2.05, 4.69) is 0 Å². The highest BCUT2D eigenvalue weighted by Crippen LogP contribution is 2.32. The van der Waals surface area contributed by atoms with E-state index in [1.807, 2.05) is 36.6 Å². The summed E-state index contributed by atoms with van der Waals surface area (Å²) in [7, 11) is -2.20. The van der Waals surface area contributed by atoms with E-state index < -0.39 is 27.9 Å². The van der Waals surface area contributed by atoms with Crippen LogP contribution in [0.3, 0.4) is 0 Å². The Morgan fingerprint density at radius 1 is 0.939 bits per heavy atom. The molecule has 33 heavy (non-hydrogen) atoms. The van der Waals surface area contributed by atoms with Crippen molar-refractivity contribution in [1.82, 2.24) is 4.31 Å². The molecule has 3 rings (SSSR count). The molecule has 0 saturated carbocycles. The molecule has 3 aromatic carbocycles. The number of hydrogen-bond acceptors (Lipinski definition) is 4. The molecular weight excluding hydrogens is 471 g/mol. The van der Waals surface area contributed by atoms with Crippen LogP contribution in [0.4, 0.5) is 13.2 Å². The van der Waals surface area contributed by atoms with Crippen molar-refractivity contribution in [2.45, 2.75) is 28.5 Å². The summed E-state index contributed by atoms with van der Waals surface area (Å²) in [5, 5.41) is 0. The van der Waals surface area contributed by atoms with Gasteiger partial charge in [-0.2, -0.15) is 13.2 Å². The molecule has 0 aliphatic carbocycles. The van der Waals surface area contributed by atoms with Crippen LogP contribution in [0.15, 0.2) is 88.7 Å². The Morgan fingerprint density at radius 2 is 1.55 bits per heavy atom. The first kappa shape index (κ1) is 25.1. The van der Waals surface area contributed by atoms with Gasteiger partial charge in [-0.25, -0.2) is 12.7 Å². The van der Waals surface area contributed by atoms with Crippen molar-refractivity contribution in [3.63, 3.8) is 0 Å². The SMILES string of the molecule is CSc1ccc(S(=O)(=O)N(C)CC[C@H](Oc2ccc(C(F)(F)F)cc2)c2ccccc2)cc1. The average molecular weight is 496 g/mol. The Morgan fingerprint density at radius 3 is 2.09 bits per heavy atom. The summed E-state index contributed by atoms with van der Waals surface area (Å²) in [6, 6.07) is 20.3. The van der Waals surface area contributed by atoms with Gasteiger partial charge in [-0.3, -0.25) is 0 Å². The summed E-state index contributed by atoms with van der Waals surface area (Å²) in [5.41, 5.74) is 0.0388. The third-order valence-electron chi connectivity index (χ3n) is 5.11. The Balaban J connectivity index is 1.75. The Bertz CT molecular complexity index is 1130. The average Bonchev–Trinajstić information content (AvgIpc) is 2.81. The number of nitrogens with zero attached hydrogens (tertiary/aromatic N) is 1. The maximum absolute atomic E-state index is 12.9. The molecule has 0 aromatic heterocycles. The van der Waals surface area contributed by atoms with Crippen LogP contribution in [0.5, 0.6) is 5.75 Å². The molecule has 4 nitrogen and oxygen atoms in total. The zero-order chi connectivity index (χ0) is 24.1. The van der Waals surface area contributed by atoms with Gasteiger partial charge in [0.05, 0.1) is 10.5 Å². The fourth-order valence-electron chi connectivity index (χ4n) is 3.19. The minimum absolute atomic E-state index is 0.160. The van der Waals surface area contributed by atoms with Crippen molar-refractivity contribution >= 4 is 21.8 Å². The maximum Gasteiger partial charge on any atom is 0.416 e. The Hall–Kier alpha value is -2.49. The first-order valence-corrected chi connectivity index (χ1v) is 12.8. The van der Waals surface area contributed by atoms with Crippen molar-refractivity contribution in [3.8, 4) is 5.75 Å². The van der Waals surface area contributed by atoms with Crippen LogP contribution in [0.1, 0.15) is 23.7 Å². The van der Waals surface area contributed by atoms with Crippen LogP contribution in [0.25, 0.3) is 0 Å². The highest BCUT2D eigenvalue weighted by atomic mass is 32.2.